The van der Waals surface area contributed by atoms with E-state index in [0.717, 1.165) is 57.8 Å². The first-order valence-electron chi connectivity index (χ1n) is 14.3. The van der Waals surface area contributed by atoms with Gasteiger partial charge in [-0.3, -0.25) is 10.5 Å². The Kier molecular flexibility index (Phi) is 8.47. The van der Waals surface area contributed by atoms with Crippen LogP contribution in [0.15, 0.2) is 0 Å². The van der Waals surface area contributed by atoms with Crippen LogP contribution in [0.25, 0.3) is 0 Å². The number of hydrogen-bond acceptors (Lipinski definition) is 4. The lowest BCUT2D eigenvalue weighted by molar-refractivity contribution is -0.407. The highest BCUT2D eigenvalue weighted by Crippen LogP contribution is 2.66. The highest BCUT2D eigenvalue weighted by Gasteiger charge is 2.63. The molecule has 0 atom stereocenters. The highest BCUT2D eigenvalue weighted by molar-refractivity contribution is 5.12. The summed E-state index contributed by atoms with van der Waals surface area (Å²) in [6.45, 7) is 30.5. The average Bonchev–Trinajstić information content (AvgIpc) is 2.71. The van der Waals surface area contributed by atoms with Gasteiger partial charge in [-0.25, -0.2) is 9.78 Å². The Hall–Kier alpha value is -0.160. The van der Waals surface area contributed by atoms with E-state index in [9.17, 15) is 10.5 Å². The normalized spacial score (nSPS) is 25.0. The van der Waals surface area contributed by atoms with E-state index in [1.165, 1.54) is 0 Å². The Morgan fingerprint density at radius 2 is 0.743 bits per heavy atom. The van der Waals surface area contributed by atoms with Crippen molar-refractivity contribution in [3.63, 3.8) is 0 Å². The zero-order valence-corrected chi connectivity index (χ0v) is 25.7. The predicted octanol–water partition coefficient (Wildman–Crippen LogP) is 9.77. The topological polar surface area (TPSA) is 58.9 Å². The molecule has 0 aromatic heterocycles. The van der Waals surface area contributed by atoms with E-state index in [2.05, 4.69) is 90.0 Å². The summed E-state index contributed by atoms with van der Waals surface area (Å²) in [7, 11) is 0. The van der Waals surface area contributed by atoms with E-state index in [0.29, 0.717) is 0 Å². The van der Waals surface area contributed by atoms with Gasteiger partial charge in [0.2, 0.25) is 0 Å². The van der Waals surface area contributed by atoms with Crippen LogP contribution in [0, 0.1) is 38.4 Å². The van der Waals surface area contributed by atoms with Crippen LogP contribution in [-0.2, 0) is 9.78 Å². The SMILES string of the molecule is CCC(C1(OO)CCC(C(C)(C)C)(C(C)(C)C)CC1)C1(OO)CCC(C(C)(C)C)(C(C)(C)C)CC1. The molecule has 2 aliphatic rings. The van der Waals surface area contributed by atoms with Crippen LogP contribution in [0.3, 0.4) is 0 Å². The van der Waals surface area contributed by atoms with Gasteiger partial charge in [0.05, 0.1) is 0 Å². The Bertz CT molecular complexity index is 602. The van der Waals surface area contributed by atoms with Gasteiger partial charge in [0.15, 0.2) is 0 Å². The molecule has 35 heavy (non-hydrogen) atoms. The van der Waals surface area contributed by atoms with E-state index < -0.39 is 11.2 Å². The summed E-state index contributed by atoms with van der Waals surface area (Å²) in [6.07, 6.45) is 7.91. The van der Waals surface area contributed by atoms with Gasteiger partial charge >= 0.3 is 0 Å². The molecule has 0 bridgehead atoms. The third-order valence-electron chi connectivity index (χ3n) is 11.7. The monoisotopic (exact) mass is 496 g/mol. The molecule has 4 heteroatoms. The number of hydrogen-bond donors (Lipinski definition) is 2. The van der Waals surface area contributed by atoms with E-state index in [1.54, 1.807) is 0 Å². The van der Waals surface area contributed by atoms with Crippen LogP contribution in [0.4, 0.5) is 0 Å². The van der Waals surface area contributed by atoms with Gasteiger partial charge in [-0.1, -0.05) is 90.0 Å². The summed E-state index contributed by atoms with van der Waals surface area (Å²) >= 11 is 0. The van der Waals surface area contributed by atoms with Crippen LogP contribution >= 0.6 is 0 Å². The van der Waals surface area contributed by atoms with E-state index in [-0.39, 0.29) is 38.4 Å². The molecule has 0 radical (unpaired) electrons. The minimum Gasteiger partial charge on any atom is -0.251 e. The summed E-state index contributed by atoms with van der Waals surface area (Å²) in [5.74, 6) is -0.0686. The fourth-order valence-electron chi connectivity index (χ4n) is 9.68. The van der Waals surface area contributed by atoms with Crippen molar-refractivity contribution in [2.75, 3.05) is 0 Å². The second kappa shape index (κ2) is 9.54. The molecule has 0 heterocycles. The predicted molar refractivity (Wildman–Crippen MR) is 146 cm³/mol. The quantitative estimate of drug-likeness (QED) is 0.294. The van der Waals surface area contributed by atoms with Gasteiger partial charge in [0, 0.05) is 5.92 Å². The highest BCUT2D eigenvalue weighted by atomic mass is 17.1. The Morgan fingerprint density at radius 3 is 0.886 bits per heavy atom. The van der Waals surface area contributed by atoms with Crippen LogP contribution in [-0.4, -0.2) is 21.7 Å². The van der Waals surface area contributed by atoms with Crippen molar-refractivity contribution >= 4 is 0 Å². The first-order chi connectivity index (χ1) is 15.6. The molecule has 0 amide bonds. The minimum absolute atomic E-state index is 0.0686. The second-order valence-electron chi connectivity index (χ2n) is 16.4. The largest absolute Gasteiger partial charge is 0.251 e. The zero-order valence-electron chi connectivity index (χ0n) is 25.7. The Labute approximate surface area is 217 Å². The van der Waals surface area contributed by atoms with Crippen molar-refractivity contribution < 1.29 is 20.3 Å². The zero-order chi connectivity index (χ0) is 27.4. The second-order valence-corrected chi connectivity index (χ2v) is 16.4. The van der Waals surface area contributed by atoms with Crippen LogP contribution in [0.1, 0.15) is 148 Å². The Balaban J connectivity index is 2.44. The van der Waals surface area contributed by atoms with E-state index >= 15 is 0 Å². The molecule has 2 saturated carbocycles. The molecule has 4 nitrogen and oxygen atoms in total. The molecular formula is C31H60O4. The molecule has 2 aliphatic carbocycles. The van der Waals surface area contributed by atoms with Crippen LogP contribution in [0.5, 0.6) is 0 Å². The fraction of sp³-hybridized carbons (Fsp3) is 1.00. The van der Waals surface area contributed by atoms with Gasteiger partial charge < -0.3 is 0 Å². The average molecular weight is 497 g/mol. The van der Waals surface area contributed by atoms with Gasteiger partial charge in [-0.15, -0.1) is 0 Å². The molecule has 0 aromatic rings. The van der Waals surface area contributed by atoms with Gasteiger partial charge in [-0.2, -0.15) is 0 Å². The third kappa shape index (κ3) is 4.88. The summed E-state index contributed by atoms with van der Waals surface area (Å²) in [4.78, 5) is 11.1. The first-order valence-corrected chi connectivity index (χ1v) is 14.3. The molecular weight excluding hydrogens is 436 g/mol. The van der Waals surface area contributed by atoms with Gasteiger partial charge in [-0.05, 0) is 90.3 Å². The van der Waals surface area contributed by atoms with E-state index in [4.69, 9.17) is 9.78 Å². The maximum absolute atomic E-state index is 10.5. The third-order valence-corrected chi connectivity index (χ3v) is 11.7. The number of rotatable bonds is 5. The summed E-state index contributed by atoms with van der Waals surface area (Å²) < 4.78 is 0. The summed E-state index contributed by atoms with van der Waals surface area (Å²) in [5, 5.41) is 21.0. The maximum atomic E-state index is 10.5. The molecule has 0 unspecified atom stereocenters. The van der Waals surface area contributed by atoms with Crippen molar-refractivity contribution in [2.24, 2.45) is 38.4 Å². The fourth-order valence-corrected chi connectivity index (χ4v) is 9.68. The van der Waals surface area contributed by atoms with Crippen molar-refractivity contribution in [2.45, 2.75) is 159 Å². The van der Waals surface area contributed by atoms with Gasteiger partial charge in [0.1, 0.15) is 11.2 Å². The lowest BCUT2D eigenvalue weighted by Crippen LogP contribution is -2.61. The van der Waals surface area contributed by atoms with Crippen molar-refractivity contribution in [3.8, 4) is 0 Å². The summed E-state index contributed by atoms with van der Waals surface area (Å²) in [5.41, 5.74) is -0.524. The smallest absolute Gasteiger partial charge is 0.109 e. The molecule has 0 aliphatic heterocycles. The molecule has 2 N–H and O–H groups in total. The first kappa shape index (κ1) is 31.1. The lowest BCUT2D eigenvalue weighted by atomic mass is 9.44. The summed E-state index contributed by atoms with van der Waals surface area (Å²) in [6, 6.07) is 0. The molecule has 0 saturated heterocycles. The standard InChI is InChI=1S/C31H60O4/c1-14-23(28(34-32)15-19-30(20-16-28,24(2,3)4)25(5,6)7)29(35-33)17-21-31(22-18-29,26(8,9)10)27(11,12)13/h23,32-33H,14-22H2,1-13H3. The molecule has 208 valence electrons. The van der Waals surface area contributed by atoms with E-state index in [1.807, 2.05) is 0 Å². The lowest BCUT2D eigenvalue weighted by Gasteiger charge is -2.62. The molecule has 2 fully saturated rings. The maximum Gasteiger partial charge on any atom is 0.109 e. The van der Waals surface area contributed by atoms with Crippen molar-refractivity contribution in [3.05, 3.63) is 0 Å². The van der Waals surface area contributed by atoms with Crippen molar-refractivity contribution in [1.29, 1.82) is 0 Å². The molecule has 0 aromatic carbocycles. The van der Waals surface area contributed by atoms with Crippen LogP contribution < -0.4 is 0 Å². The molecule has 2 rings (SSSR count). The van der Waals surface area contributed by atoms with Crippen molar-refractivity contribution in [1.82, 2.24) is 0 Å². The van der Waals surface area contributed by atoms with Crippen LogP contribution in [0.2, 0.25) is 0 Å². The molecule has 0 spiro atoms. The minimum atomic E-state index is -0.694. The van der Waals surface area contributed by atoms with Gasteiger partial charge in [0.25, 0.3) is 0 Å². The Morgan fingerprint density at radius 1 is 0.514 bits per heavy atom.